The molecule has 0 unspecified atom stereocenters. The number of aromatic nitrogens is 2. The molecule has 2 aromatic rings. The van der Waals surface area contributed by atoms with Crippen molar-refractivity contribution in [3.8, 4) is 11.5 Å². The maximum atomic E-state index is 11.2. The van der Waals surface area contributed by atoms with Crippen LogP contribution < -0.4 is 0 Å². The molecule has 0 saturated heterocycles. The Labute approximate surface area is 121 Å². The van der Waals surface area contributed by atoms with Gasteiger partial charge in [0.1, 0.15) is 0 Å². The van der Waals surface area contributed by atoms with Crippen molar-refractivity contribution in [3.63, 3.8) is 0 Å². The number of hydrogen-bond donors (Lipinski definition) is 0. The van der Waals surface area contributed by atoms with Crippen LogP contribution in [0.1, 0.15) is 19.8 Å². The van der Waals surface area contributed by atoms with Crippen LogP contribution in [0.5, 0.6) is 0 Å². The number of benzene rings is 1. The summed E-state index contributed by atoms with van der Waals surface area (Å²) in [6.07, 6.45) is 1.15. The zero-order chi connectivity index (χ0) is 14.2. The average Bonchev–Trinajstić information content (AvgIpc) is 2.94. The van der Waals surface area contributed by atoms with Gasteiger partial charge in [0.2, 0.25) is 5.89 Å². The van der Waals surface area contributed by atoms with Crippen molar-refractivity contribution in [1.29, 1.82) is 0 Å². The average molecular weight is 292 g/mol. The van der Waals surface area contributed by atoms with E-state index in [0.29, 0.717) is 24.1 Å². The number of carbonyl (C=O) groups is 1. The van der Waals surface area contributed by atoms with E-state index in [1.807, 2.05) is 30.3 Å². The molecule has 0 aliphatic heterocycles. The second-order valence-corrected chi connectivity index (χ2v) is 5.04. The summed E-state index contributed by atoms with van der Waals surface area (Å²) < 4.78 is 10.4. The third kappa shape index (κ3) is 4.38. The van der Waals surface area contributed by atoms with Crippen molar-refractivity contribution >= 4 is 17.7 Å². The Morgan fingerprint density at radius 1 is 1.30 bits per heavy atom. The molecule has 0 atom stereocenters. The molecule has 0 saturated carbocycles. The fraction of sp³-hybridized carbons (Fsp3) is 0.357. The lowest BCUT2D eigenvalue weighted by atomic mass is 10.2. The Kier molecular flexibility index (Phi) is 5.61. The molecule has 0 aliphatic carbocycles. The number of ether oxygens (including phenoxy) is 1. The van der Waals surface area contributed by atoms with E-state index in [4.69, 9.17) is 9.15 Å². The van der Waals surface area contributed by atoms with E-state index < -0.39 is 0 Å². The van der Waals surface area contributed by atoms with Gasteiger partial charge in [-0.3, -0.25) is 4.79 Å². The molecule has 1 aromatic heterocycles. The second kappa shape index (κ2) is 7.69. The van der Waals surface area contributed by atoms with Crippen LogP contribution in [0.15, 0.2) is 40.0 Å². The van der Waals surface area contributed by atoms with Crippen molar-refractivity contribution in [1.82, 2.24) is 10.2 Å². The van der Waals surface area contributed by atoms with Gasteiger partial charge in [-0.2, -0.15) is 0 Å². The summed E-state index contributed by atoms with van der Waals surface area (Å²) in [5, 5.41) is 8.50. The molecule has 5 nitrogen and oxygen atoms in total. The van der Waals surface area contributed by atoms with Gasteiger partial charge in [-0.1, -0.05) is 30.0 Å². The van der Waals surface area contributed by atoms with Gasteiger partial charge in [0.25, 0.3) is 5.22 Å². The summed E-state index contributed by atoms with van der Waals surface area (Å²) in [7, 11) is 0. The van der Waals surface area contributed by atoms with Gasteiger partial charge in [-0.15, -0.1) is 10.2 Å². The normalized spacial score (nSPS) is 10.4. The van der Waals surface area contributed by atoms with Crippen LogP contribution in [0, 0.1) is 0 Å². The minimum atomic E-state index is -0.163. The lowest BCUT2D eigenvalue weighted by Gasteiger charge is -1.99. The Hall–Kier alpha value is -1.82. The number of hydrogen-bond acceptors (Lipinski definition) is 6. The van der Waals surface area contributed by atoms with Crippen LogP contribution in [0.2, 0.25) is 0 Å². The number of carbonyl (C=O) groups excluding carboxylic acids is 1. The summed E-state index contributed by atoms with van der Waals surface area (Å²) in [5.41, 5.74) is 0.901. The molecule has 2 rings (SSSR count). The predicted molar refractivity (Wildman–Crippen MR) is 76.3 cm³/mol. The molecule has 0 N–H and O–H groups in total. The zero-order valence-corrected chi connectivity index (χ0v) is 12.1. The van der Waals surface area contributed by atoms with E-state index in [9.17, 15) is 4.79 Å². The second-order valence-electron chi connectivity index (χ2n) is 4.00. The summed E-state index contributed by atoms with van der Waals surface area (Å²) in [6, 6.07) is 9.62. The largest absolute Gasteiger partial charge is 0.466 e. The van der Waals surface area contributed by atoms with E-state index in [2.05, 4.69) is 10.2 Å². The van der Waals surface area contributed by atoms with Gasteiger partial charge in [0, 0.05) is 17.7 Å². The molecule has 6 heteroatoms. The predicted octanol–water partition coefficient (Wildman–Crippen LogP) is 3.17. The number of rotatable bonds is 7. The quantitative estimate of drug-likeness (QED) is 0.443. The molecular weight excluding hydrogens is 276 g/mol. The van der Waals surface area contributed by atoms with Crippen molar-refractivity contribution in [2.45, 2.75) is 25.0 Å². The molecule has 1 heterocycles. The van der Waals surface area contributed by atoms with Crippen LogP contribution >= 0.6 is 11.8 Å². The fourth-order valence-electron chi connectivity index (χ4n) is 1.57. The first kappa shape index (κ1) is 14.6. The monoisotopic (exact) mass is 292 g/mol. The highest BCUT2D eigenvalue weighted by Crippen LogP contribution is 2.23. The van der Waals surface area contributed by atoms with Gasteiger partial charge in [0.15, 0.2) is 0 Å². The van der Waals surface area contributed by atoms with Crippen LogP contribution in [-0.2, 0) is 9.53 Å². The van der Waals surface area contributed by atoms with Gasteiger partial charge < -0.3 is 9.15 Å². The molecular formula is C14H16N2O3S. The molecule has 20 heavy (non-hydrogen) atoms. The lowest BCUT2D eigenvalue weighted by Crippen LogP contribution is -2.03. The van der Waals surface area contributed by atoms with E-state index in [1.54, 1.807) is 6.92 Å². The van der Waals surface area contributed by atoms with E-state index in [-0.39, 0.29) is 5.97 Å². The lowest BCUT2D eigenvalue weighted by molar-refractivity contribution is -0.143. The number of nitrogens with zero attached hydrogens (tertiary/aromatic N) is 2. The van der Waals surface area contributed by atoms with Gasteiger partial charge >= 0.3 is 5.97 Å². The van der Waals surface area contributed by atoms with E-state index in [1.165, 1.54) is 11.8 Å². The molecule has 0 amide bonds. The standard InChI is InChI=1S/C14H16N2O3S/c1-2-18-12(17)9-6-10-20-14-16-15-13(19-14)11-7-4-3-5-8-11/h3-5,7-8H,2,6,9-10H2,1H3. The molecule has 0 bridgehead atoms. The van der Waals surface area contributed by atoms with Crippen molar-refractivity contribution < 1.29 is 13.9 Å². The molecule has 0 aliphatic rings. The van der Waals surface area contributed by atoms with E-state index in [0.717, 1.165) is 17.7 Å². The molecule has 0 spiro atoms. The van der Waals surface area contributed by atoms with Crippen LogP contribution in [0.25, 0.3) is 11.5 Å². The highest BCUT2D eigenvalue weighted by atomic mass is 32.2. The molecule has 0 fully saturated rings. The Morgan fingerprint density at radius 2 is 2.10 bits per heavy atom. The maximum absolute atomic E-state index is 11.2. The first-order valence-corrected chi connectivity index (χ1v) is 7.45. The molecule has 0 radical (unpaired) electrons. The zero-order valence-electron chi connectivity index (χ0n) is 11.2. The summed E-state index contributed by atoms with van der Waals surface area (Å²) >= 11 is 1.45. The minimum absolute atomic E-state index is 0.163. The topological polar surface area (TPSA) is 65.2 Å². The van der Waals surface area contributed by atoms with Crippen molar-refractivity contribution in [2.75, 3.05) is 12.4 Å². The van der Waals surface area contributed by atoms with Gasteiger partial charge in [-0.05, 0) is 25.5 Å². The highest BCUT2D eigenvalue weighted by molar-refractivity contribution is 7.99. The van der Waals surface area contributed by atoms with Crippen molar-refractivity contribution in [3.05, 3.63) is 30.3 Å². The molecule has 1 aromatic carbocycles. The fourth-order valence-corrected chi connectivity index (χ4v) is 2.27. The van der Waals surface area contributed by atoms with E-state index >= 15 is 0 Å². The van der Waals surface area contributed by atoms with Crippen LogP contribution in [-0.4, -0.2) is 28.5 Å². The Morgan fingerprint density at radius 3 is 2.85 bits per heavy atom. The summed E-state index contributed by atoms with van der Waals surface area (Å²) in [6.45, 7) is 2.23. The van der Waals surface area contributed by atoms with Crippen molar-refractivity contribution in [2.24, 2.45) is 0 Å². The minimum Gasteiger partial charge on any atom is -0.466 e. The van der Waals surface area contributed by atoms with Crippen LogP contribution in [0.3, 0.4) is 0 Å². The van der Waals surface area contributed by atoms with Crippen LogP contribution in [0.4, 0.5) is 0 Å². The number of thioether (sulfide) groups is 1. The first-order chi connectivity index (χ1) is 9.79. The Balaban J connectivity index is 1.78. The van der Waals surface area contributed by atoms with Gasteiger partial charge in [0.05, 0.1) is 6.61 Å². The highest BCUT2D eigenvalue weighted by Gasteiger charge is 2.09. The first-order valence-electron chi connectivity index (χ1n) is 6.47. The smallest absolute Gasteiger partial charge is 0.305 e. The molecule has 106 valence electrons. The third-order valence-electron chi connectivity index (χ3n) is 2.48. The van der Waals surface area contributed by atoms with Gasteiger partial charge in [-0.25, -0.2) is 0 Å². The summed E-state index contributed by atoms with van der Waals surface area (Å²) in [5.74, 6) is 1.09. The third-order valence-corrected chi connectivity index (χ3v) is 3.39. The number of esters is 1. The maximum Gasteiger partial charge on any atom is 0.305 e. The Bertz CT molecular complexity index is 542. The summed E-state index contributed by atoms with van der Waals surface area (Å²) in [4.78, 5) is 11.2. The SMILES string of the molecule is CCOC(=O)CCCSc1nnc(-c2ccccc2)o1.